The number of benzene rings is 1. The van der Waals surface area contributed by atoms with Crippen LogP contribution in [0.15, 0.2) is 24.3 Å². The fraction of sp³-hybridized carbons (Fsp3) is 0.500. The number of carbonyl (C=O) groups excluding carboxylic acids is 2. The Morgan fingerprint density at radius 3 is 2.66 bits per heavy atom. The molecule has 0 bridgehead atoms. The first kappa shape index (κ1) is 22.2. The summed E-state index contributed by atoms with van der Waals surface area (Å²) in [4.78, 5) is 38.5. The van der Waals surface area contributed by atoms with Gasteiger partial charge < -0.3 is 19.9 Å². The number of nitrogens with one attached hydrogen (secondary N) is 1. The van der Waals surface area contributed by atoms with Crippen LogP contribution in [0, 0.1) is 0 Å². The number of ether oxygens (including phenoxy) is 1. The summed E-state index contributed by atoms with van der Waals surface area (Å²) in [5.41, 5.74) is 3.65. The van der Waals surface area contributed by atoms with Crippen molar-refractivity contribution in [1.29, 1.82) is 0 Å². The molecule has 1 aromatic heterocycles. The molecule has 32 heavy (non-hydrogen) atoms. The van der Waals surface area contributed by atoms with Crippen LogP contribution < -0.4 is 5.32 Å². The van der Waals surface area contributed by atoms with Gasteiger partial charge in [-0.05, 0) is 43.9 Å². The van der Waals surface area contributed by atoms with Crippen molar-refractivity contribution < 1.29 is 14.3 Å². The Labute approximate surface area is 189 Å². The topological polar surface area (TPSA) is 87.7 Å². The third kappa shape index (κ3) is 4.46. The predicted molar refractivity (Wildman–Crippen MR) is 121 cm³/mol. The smallest absolute Gasteiger partial charge is 0.254 e. The zero-order valence-electron chi connectivity index (χ0n) is 19.1. The molecule has 1 fully saturated rings. The SMILES string of the molecule is CCOCc1ccc(C(=O)N2CCCC2c2nc3c(c(NC)n2)CCN(C(C)=O)C3)cc1. The van der Waals surface area contributed by atoms with Crippen molar-refractivity contribution in [3.63, 3.8) is 0 Å². The first-order valence-electron chi connectivity index (χ1n) is 11.3. The monoisotopic (exact) mass is 437 g/mol. The van der Waals surface area contributed by atoms with E-state index in [4.69, 9.17) is 14.7 Å². The molecule has 2 aliphatic heterocycles. The van der Waals surface area contributed by atoms with E-state index in [1.807, 2.05) is 43.1 Å². The van der Waals surface area contributed by atoms with Crippen molar-refractivity contribution in [2.75, 3.05) is 32.1 Å². The fourth-order valence-corrected chi connectivity index (χ4v) is 4.48. The van der Waals surface area contributed by atoms with E-state index >= 15 is 0 Å². The first-order valence-corrected chi connectivity index (χ1v) is 11.3. The van der Waals surface area contributed by atoms with E-state index in [0.717, 1.165) is 41.9 Å². The Kier molecular flexibility index (Phi) is 6.69. The van der Waals surface area contributed by atoms with Crippen LogP contribution in [-0.4, -0.2) is 58.3 Å². The molecule has 1 atom stereocenters. The number of hydrogen-bond acceptors (Lipinski definition) is 6. The molecule has 0 radical (unpaired) electrons. The Balaban J connectivity index is 1.58. The van der Waals surface area contributed by atoms with Gasteiger partial charge in [0.05, 0.1) is 24.9 Å². The number of rotatable bonds is 6. The highest BCUT2D eigenvalue weighted by atomic mass is 16.5. The molecule has 1 unspecified atom stereocenters. The van der Waals surface area contributed by atoms with Gasteiger partial charge in [-0.1, -0.05) is 12.1 Å². The number of likely N-dealkylation sites (tertiary alicyclic amines) is 1. The van der Waals surface area contributed by atoms with E-state index in [0.29, 0.717) is 44.2 Å². The molecule has 1 saturated heterocycles. The summed E-state index contributed by atoms with van der Waals surface area (Å²) in [6.07, 6.45) is 2.47. The van der Waals surface area contributed by atoms with Gasteiger partial charge in [0.15, 0.2) is 5.82 Å². The summed E-state index contributed by atoms with van der Waals surface area (Å²) in [6.45, 7) is 6.59. The number of nitrogens with zero attached hydrogens (tertiary/aromatic N) is 4. The molecular weight excluding hydrogens is 406 g/mol. The maximum Gasteiger partial charge on any atom is 0.254 e. The van der Waals surface area contributed by atoms with Crippen molar-refractivity contribution in [3.8, 4) is 0 Å². The molecule has 2 aliphatic rings. The van der Waals surface area contributed by atoms with Gasteiger partial charge in [0, 0.05) is 44.8 Å². The lowest BCUT2D eigenvalue weighted by molar-refractivity contribution is -0.129. The molecule has 4 rings (SSSR count). The van der Waals surface area contributed by atoms with E-state index in [9.17, 15) is 9.59 Å². The van der Waals surface area contributed by atoms with E-state index in [-0.39, 0.29) is 17.9 Å². The van der Waals surface area contributed by atoms with E-state index in [1.165, 1.54) is 0 Å². The van der Waals surface area contributed by atoms with Gasteiger partial charge >= 0.3 is 0 Å². The second kappa shape index (κ2) is 9.65. The van der Waals surface area contributed by atoms with E-state index in [2.05, 4.69) is 5.32 Å². The van der Waals surface area contributed by atoms with Crippen LogP contribution in [0.25, 0.3) is 0 Å². The molecular formula is C24H31N5O3. The summed E-state index contributed by atoms with van der Waals surface area (Å²) in [7, 11) is 1.85. The minimum Gasteiger partial charge on any atom is -0.377 e. The largest absolute Gasteiger partial charge is 0.377 e. The quantitative estimate of drug-likeness (QED) is 0.748. The Bertz CT molecular complexity index is 992. The van der Waals surface area contributed by atoms with Crippen molar-refractivity contribution in [3.05, 3.63) is 52.5 Å². The van der Waals surface area contributed by atoms with Crippen LogP contribution in [0.5, 0.6) is 0 Å². The van der Waals surface area contributed by atoms with E-state index in [1.54, 1.807) is 11.8 Å². The average Bonchev–Trinajstić information content (AvgIpc) is 3.31. The fourth-order valence-electron chi connectivity index (χ4n) is 4.48. The third-order valence-electron chi connectivity index (χ3n) is 6.25. The molecule has 8 heteroatoms. The number of amides is 2. The van der Waals surface area contributed by atoms with Gasteiger partial charge in [0.2, 0.25) is 5.91 Å². The zero-order chi connectivity index (χ0) is 22.7. The van der Waals surface area contributed by atoms with Crippen molar-refractivity contribution in [1.82, 2.24) is 19.8 Å². The molecule has 8 nitrogen and oxygen atoms in total. The number of anilines is 1. The maximum atomic E-state index is 13.3. The lowest BCUT2D eigenvalue weighted by Gasteiger charge is -2.30. The second-order valence-electron chi connectivity index (χ2n) is 8.29. The molecule has 2 amide bonds. The maximum absolute atomic E-state index is 13.3. The van der Waals surface area contributed by atoms with Crippen LogP contribution in [0.4, 0.5) is 5.82 Å². The second-order valence-corrected chi connectivity index (χ2v) is 8.29. The number of carbonyl (C=O) groups is 2. The van der Waals surface area contributed by atoms with Crippen molar-refractivity contribution >= 4 is 17.6 Å². The summed E-state index contributed by atoms with van der Waals surface area (Å²) in [5.74, 6) is 1.49. The van der Waals surface area contributed by atoms with E-state index < -0.39 is 0 Å². The molecule has 1 aromatic carbocycles. The molecule has 170 valence electrons. The normalized spacial score (nSPS) is 17.9. The minimum absolute atomic E-state index is 0.00634. The van der Waals surface area contributed by atoms with Crippen LogP contribution >= 0.6 is 0 Å². The van der Waals surface area contributed by atoms with Crippen molar-refractivity contribution in [2.24, 2.45) is 0 Å². The van der Waals surface area contributed by atoms with Crippen LogP contribution in [-0.2, 0) is 29.1 Å². The van der Waals surface area contributed by atoms with Crippen LogP contribution in [0.3, 0.4) is 0 Å². The molecule has 3 heterocycles. The van der Waals surface area contributed by atoms with Gasteiger partial charge in [-0.2, -0.15) is 0 Å². The highest BCUT2D eigenvalue weighted by Crippen LogP contribution is 2.34. The Hall–Kier alpha value is -3.00. The average molecular weight is 438 g/mol. The zero-order valence-corrected chi connectivity index (χ0v) is 19.1. The number of fused-ring (bicyclic) bond motifs is 1. The summed E-state index contributed by atoms with van der Waals surface area (Å²) in [5, 5.41) is 3.19. The highest BCUT2D eigenvalue weighted by Gasteiger charge is 2.34. The van der Waals surface area contributed by atoms with Gasteiger partial charge in [0.1, 0.15) is 5.82 Å². The Morgan fingerprint density at radius 1 is 1.19 bits per heavy atom. The summed E-state index contributed by atoms with van der Waals surface area (Å²) >= 11 is 0. The van der Waals surface area contributed by atoms with Crippen LogP contribution in [0.2, 0.25) is 0 Å². The van der Waals surface area contributed by atoms with Gasteiger partial charge in [-0.3, -0.25) is 9.59 Å². The molecule has 1 N–H and O–H groups in total. The first-order chi connectivity index (χ1) is 15.5. The highest BCUT2D eigenvalue weighted by molar-refractivity contribution is 5.94. The van der Waals surface area contributed by atoms with Gasteiger partial charge in [0.25, 0.3) is 5.91 Å². The standard InChI is InChI=1S/C24H31N5O3/c1-4-32-15-17-7-9-18(10-8-17)24(31)29-12-5-6-21(29)23-26-20-14-28(16(2)30)13-11-19(20)22(25-3)27-23/h7-10,21H,4-6,11-15H2,1-3H3,(H,25,26,27). The van der Waals surface area contributed by atoms with Gasteiger partial charge in [-0.15, -0.1) is 0 Å². The summed E-state index contributed by atoms with van der Waals surface area (Å²) < 4.78 is 5.44. The van der Waals surface area contributed by atoms with Crippen LogP contribution in [0.1, 0.15) is 65.7 Å². The minimum atomic E-state index is -0.171. The Morgan fingerprint density at radius 2 is 1.97 bits per heavy atom. The number of aromatic nitrogens is 2. The third-order valence-corrected chi connectivity index (χ3v) is 6.25. The molecule has 2 aromatic rings. The summed E-state index contributed by atoms with van der Waals surface area (Å²) in [6, 6.07) is 7.45. The lowest BCUT2D eigenvalue weighted by atomic mass is 10.0. The predicted octanol–water partition coefficient (Wildman–Crippen LogP) is 2.94. The number of hydrogen-bond donors (Lipinski definition) is 1. The van der Waals surface area contributed by atoms with Gasteiger partial charge in [-0.25, -0.2) is 9.97 Å². The molecule has 0 spiro atoms. The molecule has 0 saturated carbocycles. The van der Waals surface area contributed by atoms with Crippen molar-refractivity contribution in [2.45, 2.75) is 52.3 Å². The molecule has 0 aliphatic carbocycles. The lowest BCUT2D eigenvalue weighted by Crippen LogP contribution is -2.36.